The van der Waals surface area contributed by atoms with Crippen LogP contribution in [0.3, 0.4) is 0 Å². The van der Waals surface area contributed by atoms with E-state index < -0.39 is 0 Å². The van der Waals surface area contributed by atoms with Crippen molar-refractivity contribution < 1.29 is 9.47 Å². The van der Waals surface area contributed by atoms with Crippen molar-refractivity contribution in [3.05, 3.63) is 37.1 Å². The molecule has 0 aliphatic carbocycles. The van der Waals surface area contributed by atoms with Crippen LogP contribution >= 0.6 is 0 Å². The Labute approximate surface area is 122 Å². The van der Waals surface area contributed by atoms with E-state index in [1.165, 1.54) is 0 Å². The third-order valence-electron chi connectivity index (χ3n) is 2.78. The Bertz CT molecular complexity index is 647. The van der Waals surface area contributed by atoms with E-state index in [0.717, 1.165) is 11.4 Å². The van der Waals surface area contributed by atoms with Crippen LogP contribution < -0.4 is 20.1 Å². The minimum Gasteiger partial charge on any atom is -0.486 e. The molecule has 0 saturated carbocycles. The van der Waals surface area contributed by atoms with E-state index in [9.17, 15) is 0 Å². The number of nitrogens with one attached hydrogen (secondary N) is 2. The van der Waals surface area contributed by atoms with Gasteiger partial charge in [0.2, 0.25) is 5.95 Å². The zero-order valence-corrected chi connectivity index (χ0v) is 11.4. The predicted molar refractivity (Wildman–Crippen MR) is 79.2 cm³/mol. The highest BCUT2D eigenvalue weighted by Crippen LogP contribution is 2.33. The maximum absolute atomic E-state index is 5.53. The molecule has 2 N–H and O–H groups in total. The molecule has 108 valence electrons. The summed E-state index contributed by atoms with van der Waals surface area (Å²) in [5.41, 5.74) is 0.807. The van der Waals surface area contributed by atoms with E-state index in [-0.39, 0.29) is 0 Å². The standard InChI is InChI=1S/C14H15N5O2/c1-2-5-15-13-9-16-19-14(18-13)17-10-3-4-11-12(8-10)21-7-6-20-11/h2-4,8-9H,1,5-7H2,(H2,15,17,18,19). The summed E-state index contributed by atoms with van der Waals surface area (Å²) >= 11 is 0. The van der Waals surface area contributed by atoms with Gasteiger partial charge in [0.1, 0.15) is 13.2 Å². The molecule has 7 nitrogen and oxygen atoms in total. The maximum atomic E-state index is 5.53. The number of aromatic nitrogens is 3. The number of nitrogens with zero attached hydrogens (tertiary/aromatic N) is 3. The van der Waals surface area contributed by atoms with Gasteiger partial charge in [0.15, 0.2) is 17.3 Å². The lowest BCUT2D eigenvalue weighted by molar-refractivity contribution is 0.171. The van der Waals surface area contributed by atoms with Gasteiger partial charge < -0.3 is 20.1 Å². The molecule has 1 aromatic carbocycles. The second-order valence-electron chi connectivity index (χ2n) is 4.32. The summed E-state index contributed by atoms with van der Waals surface area (Å²) in [6.45, 7) is 5.38. The van der Waals surface area contributed by atoms with Crippen molar-refractivity contribution in [3.8, 4) is 11.5 Å². The van der Waals surface area contributed by atoms with Crippen LogP contribution in [0.5, 0.6) is 11.5 Å². The molecule has 21 heavy (non-hydrogen) atoms. The fraction of sp³-hybridized carbons (Fsp3) is 0.214. The molecule has 0 fully saturated rings. The Kier molecular flexibility index (Phi) is 3.81. The monoisotopic (exact) mass is 285 g/mol. The summed E-state index contributed by atoms with van der Waals surface area (Å²) < 4.78 is 11.0. The van der Waals surface area contributed by atoms with Crippen LogP contribution in [0, 0.1) is 0 Å². The van der Waals surface area contributed by atoms with E-state index in [1.54, 1.807) is 12.3 Å². The summed E-state index contributed by atoms with van der Waals surface area (Å²) in [5, 5.41) is 14.0. The molecule has 7 heteroatoms. The van der Waals surface area contributed by atoms with Crippen molar-refractivity contribution in [2.45, 2.75) is 0 Å². The first-order valence-electron chi connectivity index (χ1n) is 6.56. The van der Waals surface area contributed by atoms with Gasteiger partial charge in [-0.2, -0.15) is 10.1 Å². The van der Waals surface area contributed by atoms with Crippen molar-refractivity contribution in [3.63, 3.8) is 0 Å². The van der Waals surface area contributed by atoms with Gasteiger partial charge in [0.25, 0.3) is 0 Å². The van der Waals surface area contributed by atoms with E-state index >= 15 is 0 Å². The largest absolute Gasteiger partial charge is 0.486 e. The Morgan fingerprint density at radius 2 is 2.10 bits per heavy atom. The van der Waals surface area contributed by atoms with Crippen LogP contribution in [-0.2, 0) is 0 Å². The summed E-state index contributed by atoms with van der Waals surface area (Å²) in [7, 11) is 0. The molecular weight excluding hydrogens is 270 g/mol. The molecule has 0 atom stereocenters. The molecule has 0 radical (unpaired) electrons. The number of benzene rings is 1. The average Bonchev–Trinajstić information content (AvgIpc) is 2.53. The van der Waals surface area contributed by atoms with Crippen LogP contribution in [0.2, 0.25) is 0 Å². The third kappa shape index (κ3) is 3.19. The third-order valence-corrected chi connectivity index (χ3v) is 2.78. The Hall–Kier alpha value is -2.83. The number of fused-ring (bicyclic) bond motifs is 1. The predicted octanol–water partition coefficient (Wildman–Crippen LogP) is 1.98. The van der Waals surface area contributed by atoms with Crippen molar-refractivity contribution >= 4 is 17.5 Å². The first-order chi connectivity index (χ1) is 10.3. The van der Waals surface area contributed by atoms with E-state index in [4.69, 9.17) is 9.47 Å². The fourth-order valence-corrected chi connectivity index (χ4v) is 1.87. The molecule has 0 unspecified atom stereocenters. The van der Waals surface area contributed by atoms with Gasteiger partial charge in [-0.05, 0) is 12.1 Å². The van der Waals surface area contributed by atoms with Gasteiger partial charge in [-0.25, -0.2) is 0 Å². The minimum absolute atomic E-state index is 0.403. The normalized spacial score (nSPS) is 12.6. The smallest absolute Gasteiger partial charge is 0.249 e. The van der Waals surface area contributed by atoms with Gasteiger partial charge in [-0.3, -0.25) is 0 Å². The van der Waals surface area contributed by atoms with Gasteiger partial charge >= 0.3 is 0 Å². The van der Waals surface area contributed by atoms with Crippen molar-refractivity contribution in [1.29, 1.82) is 0 Å². The van der Waals surface area contributed by atoms with Gasteiger partial charge in [0, 0.05) is 18.3 Å². The van der Waals surface area contributed by atoms with E-state index in [0.29, 0.717) is 37.3 Å². The highest BCUT2D eigenvalue weighted by molar-refractivity contribution is 5.60. The number of hydrogen-bond donors (Lipinski definition) is 2. The molecule has 2 aromatic rings. The summed E-state index contributed by atoms with van der Waals surface area (Å²) in [6, 6.07) is 5.58. The van der Waals surface area contributed by atoms with E-state index in [2.05, 4.69) is 32.4 Å². The molecule has 1 aliphatic heterocycles. The molecule has 0 saturated heterocycles. The van der Waals surface area contributed by atoms with Crippen molar-refractivity contribution in [1.82, 2.24) is 15.2 Å². The SMILES string of the molecule is C=CCNc1cnnc(Nc2ccc3c(c2)OCCO3)n1. The Morgan fingerprint density at radius 1 is 1.24 bits per heavy atom. The van der Waals surface area contributed by atoms with E-state index in [1.807, 2.05) is 18.2 Å². The number of hydrogen-bond acceptors (Lipinski definition) is 7. The van der Waals surface area contributed by atoms with Crippen LogP contribution in [0.1, 0.15) is 0 Å². The zero-order valence-electron chi connectivity index (χ0n) is 11.4. The quantitative estimate of drug-likeness (QED) is 0.813. The minimum atomic E-state index is 0.403. The first-order valence-corrected chi connectivity index (χ1v) is 6.56. The molecule has 1 aliphatic rings. The lowest BCUT2D eigenvalue weighted by Gasteiger charge is -2.18. The molecule has 2 heterocycles. The highest BCUT2D eigenvalue weighted by Gasteiger charge is 2.12. The lowest BCUT2D eigenvalue weighted by Crippen LogP contribution is -2.15. The van der Waals surface area contributed by atoms with Gasteiger partial charge in [0.05, 0.1) is 6.20 Å². The number of anilines is 3. The fourth-order valence-electron chi connectivity index (χ4n) is 1.87. The van der Waals surface area contributed by atoms with Crippen LogP contribution in [0.4, 0.5) is 17.5 Å². The second kappa shape index (κ2) is 6.08. The van der Waals surface area contributed by atoms with Crippen LogP contribution in [0.25, 0.3) is 0 Å². The first kappa shape index (κ1) is 13.2. The summed E-state index contributed by atoms with van der Waals surface area (Å²) in [4.78, 5) is 4.30. The number of ether oxygens (including phenoxy) is 2. The topological polar surface area (TPSA) is 81.2 Å². The molecule has 0 bridgehead atoms. The molecular formula is C14H15N5O2. The lowest BCUT2D eigenvalue weighted by atomic mass is 10.2. The Balaban J connectivity index is 1.75. The molecule has 3 rings (SSSR count). The van der Waals surface area contributed by atoms with Crippen LogP contribution in [0.15, 0.2) is 37.1 Å². The summed E-state index contributed by atoms with van der Waals surface area (Å²) in [6.07, 6.45) is 3.30. The second-order valence-corrected chi connectivity index (χ2v) is 4.32. The van der Waals surface area contributed by atoms with Crippen molar-refractivity contribution in [2.75, 3.05) is 30.4 Å². The van der Waals surface area contributed by atoms with Gasteiger partial charge in [-0.1, -0.05) is 6.08 Å². The molecule has 1 aromatic heterocycles. The molecule has 0 spiro atoms. The van der Waals surface area contributed by atoms with Crippen molar-refractivity contribution in [2.24, 2.45) is 0 Å². The average molecular weight is 285 g/mol. The van der Waals surface area contributed by atoms with Crippen LogP contribution in [-0.4, -0.2) is 34.9 Å². The zero-order chi connectivity index (χ0) is 14.5. The highest BCUT2D eigenvalue weighted by atomic mass is 16.6. The summed E-state index contributed by atoms with van der Waals surface area (Å²) in [5.74, 6) is 2.48. The number of rotatable bonds is 5. The maximum Gasteiger partial charge on any atom is 0.249 e. The molecule has 0 amide bonds. The Morgan fingerprint density at radius 3 is 2.95 bits per heavy atom. The van der Waals surface area contributed by atoms with Gasteiger partial charge in [-0.15, -0.1) is 11.7 Å².